The van der Waals surface area contributed by atoms with Gasteiger partial charge in [-0.2, -0.15) is 5.26 Å². The molecule has 1 aliphatic carbocycles. The molecule has 3 unspecified atom stereocenters. The Kier molecular flexibility index (Phi) is 10.2. The molecular formula is C29H34N6O3S. The first-order valence-corrected chi connectivity index (χ1v) is 13.6. The van der Waals surface area contributed by atoms with Crippen LogP contribution >= 0.6 is 11.8 Å². The maximum Gasteiger partial charge on any atom is 0.265 e. The van der Waals surface area contributed by atoms with Crippen LogP contribution in [-0.2, 0) is 14.4 Å². The molecule has 3 atom stereocenters. The van der Waals surface area contributed by atoms with E-state index in [1.54, 1.807) is 6.92 Å². The number of nitrogens with one attached hydrogen (secondary N) is 3. The van der Waals surface area contributed by atoms with Gasteiger partial charge in [0.25, 0.3) is 5.91 Å². The molecule has 0 radical (unpaired) electrons. The van der Waals surface area contributed by atoms with Gasteiger partial charge in [0.2, 0.25) is 11.8 Å². The molecule has 9 nitrogen and oxygen atoms in total. The molecule has 0 saturated carbocycles. The number of allylic oxidation sites excluding steroid dienone is 4. The van der Waals surface area contributed by atoms with Gasteiger partial charge in [0.1, 0.15) is 21.9 Å². The maximum absolute atomic E-state index is 13.2. The van der Waals surface area contributed by atoms with Crippen LogP contribution in [0.4, 0.5) is 11.4 Å². The molecule has 1 fully saturated rings. The summed E-state index contributed by atoms with van der Waals surface area (Å²) in [6.45, 7) is 6.34. The highest BCUT2D eigenvalue weighted by Gasteiger charge is 2.41. The van der Waals surface area contributed by atoms with Crippen molar-refractivity contribution in [1.82, 2.24) is 15.1 Å². The van der Waals surface area contributed by atoms with Crippen LogP contribution in [-0.4, -0.2) is 65.5 Å². The molecule has 1 saturated heterocycles. The van der Waals surface area contributed by atoms with Crippen LogP contribution in [0.15, 0.2) is 58.8 Å². The van der Waals surface area contributed by atoms with Gasteiger partial charge in [-0.25, -0.2) is 0 Å². The van der Waals surface area contributed by atoms with Crippen molar-refractivity contribution in [2.45, 2.75) is 38.5 Å². The predicted octanol–water partition coefficient (Wildman–Crippen LogP) is 3.29. The quantitative estimate of drug-likeness (QED) is 0.234. The van der Waals surface area contributed by atoms with E-state index >= 15 is 0 Å². The Bertz CT molecular complexity index is 1290. The molecule has 0 aromatic heterocycles. The summed E-state index contributed by atoms with van der Waals surface area (Å²) in [6, 6.07) is 8.87. The number of rotatable bonds is 10. The second-order valence-electron chi connectivity index (χ2n) is 9.44. The van der Waals surface area contributed by atoms with Crippen LogP contribution in [0.25, 0.3) is 0 Å². The normalized spacial score (nSPS) is 20.3. The number of nitrogens with zero attached hydrogens (tertiary/aromatic N) is 3. The summed E-state index contributed by atoms with van der Waals surface area (Å²) in [7, 11) is 1.91. The topological polar surface area (TPSA) is 118 Å². The first kappa shape index (κ1) is 29.4. The van der Waals surface area contributed by atoms with Crippen molar-refractivity contribution in [2.75, 3.05) is 37.3 Å². The van der Waals surface area contributed by atoms with Crippen molar-refractivity contribution in [2.24, 2.45) is 5.92 Å². The van der Waals surface area contributed by atoms with Gasteiger partial charge in [0, 0.05) is 36.7 Å². The fraction of sp³-hybridized carbons (Fsp3) is 0.379. The third-order valence-electron chi connectivity index (χ3n) is 6.34. The highest BCUT2D eigenvalue weighted by Crippen LogP contribution is 2.39. The van der Waals surface area contributed by atoms with Crippen LogP contribution in [0.3, 0.4) is 0 Å². The van der Waals surface area contributed by atoms with E-state index in [4.69, 9.17) is 6.42 Å². The van der Waals surface area contributed by atoms with Crippen molar-refractivity contribution in [3.8, 4) is 18.4 Å². The monoisotopic (exact) mass is 546 g/mol. The van der Waals surface area contributed by atoms with Crippen molar-refractivity contribution in [3.63, 3.8) is 0 Å². The lowest BCUT2D eigenvalue weighted by Crippen LogP contribution is -2.38. The van der Waals surface area contributed by atoms with E-state index in [1.165, 1.54) is 16.7 Å². The average Bonchev–Trinajstić information content (AvgIpc) is 3.23. The molecule has 1 heterocycles. The van der Waals surface area contributed by atoms with E-state index in [9.17, 15) is 19.6 Å². The fourth-order valence-corrected chi connectivity index (χ4v) is 5.70. The molecule has 3 N–H and O–H groups in total. The summed E-state index contributed by atoms with van der Waals surface area (Å²) in [5.74, 6) is 1.82. The molecule has 1 aliphatic heterocycles. The van der Waals surface area contributed by atoms with Gasteiger partial charge in [-0.05, 0) is 50.5 Å². The SMILES string of the molecule is C#CCNC(=O)/C(C#N)=C1\SC(C(C)Nc2cccc(NC(=O)CN(C)C3=CC=CC(C)C3)c2)C(=O)N1CC. The molecule has 0 spiro atoms. The number of anilines is 2. The van der Waals surface area contributed by atoms with Crippen LogP contribution in [0.2, 0.25) is 0 Å². The zero-order valence-electron chi connectivity index (χ0n) is 22.7. The van der Waals surface area contributed by atoms with Gasteiger partial charge in [-0.1, -0.05) is 42.8 Å². The molecule has 1 aromatic rings. The molecular weight excluding hydrogens is 512 g/mol. The molecule has 3 rings (SSSR count). The number of amides is 3. The van der Waals surface area contributed by atoms with Gasteiger partial charge in [0.15, 0.2) is 0 Å². The van der Waals surface area contributed by atoms with Gasteiger partial charge in [-0.15, -0.1) is 6.42 Å². The number of nitriles is 1. The number of hydrogen-bond donors (Lipinski definition) is 3. The number of hydrogen-bond acceptors (Lipinski definition) is 7. The molecule has 10 heteroatoms. The number of terminal acetylenes is 1. The summed E-state index contributed by atoms with van der Waals surface area (Å²) >= 11 is 1.18. The van der Waals surface area contributed by atoms with Crippen molar-refractivity contribution in [3.05, 3.63) is 58.8 Å². The highest BCUT2D eigenvalue weighted by molar-refractivity contribution is 8.04. The van der Waals surface area contributed by atoms with Crippen LogP contribution in [0, 0.1) is 29.6 Å². The smallest absolute Gasteiger partial charge is 0.265 e. The molecule has 1 aromatic carbocycles. The fourth-order valence-electron chi connectivity index (χ4n) is 4.36. The molecule has 0 bridgehead atoms. The third-order valence-corrected chi connectivity index (χ3v) is 7.85. The minimum absolute atomic E-state index is 0.0129. The Balaban J connectivity index is 1.67. The number of carbonyl (C=O) groups is 3. The Hall–Kier alpha value is -4.15. The Morgan fingerprint density at radius 3 is 2.74 bits per heavy atom. The number of carbonyl (C=O) groups excluding carboxylic acids is 3. The zero-order chi connectivity index (χ0) is 28.5. The highest BCUT2D eigenvalue weighted by atomic mass is 32.2. The summed E-state index contributed by atoms with van der Waals surface area (Å²) in [4.78, 5) is 41.8. The van der Waals surface area contributed by atoms with Crippen LogP contribution in [0.5, 0.6) is 0 Å². The molecule has 3 amide bonds. The van der Waals surface area contributed by atoms with E-state index in [1.807, 2.05) is 61.4 Å². The number of benzene rings is 1. The van der Waals surface area contributed by atoms with Gasteiger partial charge in [-0.3, -0.25) is 14.4 Å². The number of likely N-dealkylation sites (N-methyl/N-ethyl adjacent to an activating group) is 1. The summed E-state index contributed by atoms with van der Waals surface area (Å²) in [6.07, 6.45) is 12.3. The minimum Gasteiger partial charge on any atom is -0.381 e. The molecule has 2 aliphatic rings. The first-order chi connectivity index (χ1) is 18.7. The lowest BCUT2D eigenvalue weighted by molar-refractivity contribution is -0.127. The third kappa shape index (κ3) is 7.46. The Morgan fingerprint density at radius 2 is 2.08 bits per heavy atom. The van der Waals surface area contributed by atoms with E-state index in [2.05, 4.69) is 34.9 Å². The van der Waals surface area contributed by atoms with E-state index < -0.39 is 11.2 Å². The second-order valence-corrected chi connectivity index (χ2v) is 10.6. The standard InChI is InChI=1S/C29H34N6O3S/c1-6-14-31-27(37)24(17-30)29-35(7-2)28(38)26(39-29)20(4)32-21-11-9-12-22(16-21)33-25(36)18-34(5)23-13-8-10-19(3)15-23/h1,8-13,16,19-20,26,32H,7,14-15,18H2,2-5H3,(H,31,37)(H,33,36)/b29-24-. The van der Waals surface area contributed by atoms with Crippen LogP contribution < -0.4 is 16.0 Å². The van der Waals surface area contributed by atoms with Gasteiger partial charge < -0.3 is 25.8 Å². The molecule has 204 valence electrons. The predicted molar refractivity (Wildman–Crippen MR) is 155 cm³/mol. The zero-order valence-corrected chi connectivity index (χ0v) is 23.5. The van der Waals surface area contributed by atoms with Crippen molar-refractivity contribution in [1.29, 1.82) is 5.26 Å². The Labute approximate surface area is 234 Å². The summed E-state index contributed by atoms with van der Waals surface area (Å²) in [5, 5.41) is 18.2. The van der Waals surface area contributed by atoms with Crippen molar-refractivity contribution >= 4 is 40.9 Å². The summed E-state index contributed by atoms with van der Waals surface area (Å²) < 4.78 is 0. The largest absolute Gasteiger partial charge is 0.381 e. The van der Waals surface area contributed by atoms with E-state index in [-0.39, 0.29) is 36.5 Å². The maximum atomic E-state index is 13.2. The summed E-state index contributed by atoms with van der Waals surface area (Å²) in [5.41, 5.74) is 2.34. The number of thioether (sulfide) groups is 1. The Morgan fingerprint density at radius 1 is 1.33 bits per heavy atom. The lowest BCUT2D eigenvalue weighted by atomic mass is 10.00. The second kappa shape index (κ2) is 13.6. The first-order valence-electron chi connectivity index (χ1n) is 12.8. The van der Waals surface area contributed by atoms with Crippen molar-refractivity contribution < 1.29 is 14.4 Å². The van der Waals surface area contributed by atoms with E-state index in [0.29, 0.717) is 23.2 Å². The van der Waals surface area contributed by atoms with Gasteiger partial charge in [0.05, 0.1) is 13.1 Å². The average molecular weight is 547 g/mol. The molecule has 39 heavy (non-hydrogen) atoms. The lowest BCUT2D eigenvalue weighted by Gasteiger charge is -2.25. The van der Waals surface area contributed by atoms with Crippen LogP contribution in [0.1, 0.15) is 27.2 Å². The van der Waals surface area contributed by atoms with E-state index in [0.717, 1.165) is 17.8 Å². The minimum atomic E-state index is -0.606. The van der Waals surface area contributed by atoms with Gasteiger partial charge >= 0.3 is 0 Å².